The lowest BCUT2D eigenvalue weighted by Gasteiger charge is -2.14. The fourth-order valence-corrected chi connectivity index (χ4v) is 2.12. The van der Waals surface area contributed by atoms with Crippen LogP contribution >= 0.6 is 15.9 Å². The Balaban J connectivity index is 2.28. The topological polar surface area (TPSA) is 36.3 Å². The summed E-state index contributed by atoms with van der Waals surface area (Å²) in [5.41, 5.74) is 1.63. The van der Waals surface area contributed by atoms with Gasteiger partial charge in [0.25, 0.3) is 0 Å². The van der Waals surface area contributed by atoms with Crippen molar-refractivity contribution < 1.29 is 4.74 Å². The van der Waals surface area contributed by atoms with Crippen molar-refractivity contribution in [2.45, 2.75) is 0 Å². The highest BCUT2D eigenvalue weighted by Crippen LogP contribution is 2.28. The lowest BCUT2D eigenvalue weighted by Crippen LogP contribution is -2.08. The lowest BCUT2D eigenvalue weighted by atomic mass is 10.2. The largest absolute Gasteiger partial charge is 0.457 e. The van der Waals surface area contributed by atoms with Crippen molar-refractivity contribution in [3.63, 3.8) is 0 Å². The molecule has 0 spiro atoms. The van der Waals surface area contributed by atoms with Crippen molar-refractivity contribution in [1.82, 2.24) is 0 Å². The van der Waals surface area contributed by atoms with Gasteiger partial charge in [0, 0.05) is 30.3 Å². The Labute approximate surface area is 121 Å². The number of hydrogen-bond donors (Lipinski definition) is 0. The third kappa shape index (κ3) is 3.49. The van der Waals surface area contributed by atoms with E-state index in [-0.39, 0.29) is 0 Å². The summed E-state index contributed by atoms with van der Waals surface area (Å²) in [4.78, 5) is 2.01. The van der Waals surface area contributed by atoms with Crippen LogP contribution in [0.2, 0.25) is 0 Å². The minimum absolute atomic E-state index is 0.563. The van der Waals surface area contributed by atoms with Crippen LogP contribution in [0, 0.1) is 11.3 Å². The Morgan fingerprint density at radius 3 is 2.58 bits per heavy atom. The molecule has 0 fully saturated rings. The molecule has 0 saturated carbocycles. The smallest absolute Gasteiger partial charge is 0.129 e. The molecule has 0 heterocycles. The average molecular weight is 317 g/mol. The normalized spacial score (nSPS) is 9.79. The summed E-state index contributed by atoms with van der Waals surface area (Å²) in [7, 11) is 3.96. The quantitative estimate of drug-likeness (QED) is 0.852. The van der Waals surface area contributed by atoms with Crippen molar-refractivity contribution in [3.8, 4) is 17.6 Å². The molecule has 0 aromatic heterocycles. The fraction of sp³-hybridized carbons (Fsp3) is 0.133. The van der Waals surface area contributed by atoms with E-state index in [1.807, 2.05) is 49.3 Å². The summed E-state index contributed by atoms with van der Waals surface area (Å²) in [5.74, 6) is 1.38. The Bertz CT molecular complexity index is 632. The molecule has 2 aromatic rings. The first-order valence-electron chi connectivity index (χ1n) is 5.74. The molecule has 4 heteroatoms. The fourth-order valence-electron chi connectivity index (χ4n) is 1.65. The molecule has 0 N–H and O–H groups in total. The van der Waals surface area contributed by atoms with Gasteiger partial charge in [0.05, 0.1) is 11.6 Å². The van der Waals surface area contributed by atoms with Crippen LogP contribution in [0.25, 0.3) is 0 Å². The number of rotatable bonds is 3. The average Bonchev–Trinajstić information content (AvgIpc) is 2.38. The molecule has 0 bridgehead atoms. The highest BCUT2D eigenvalue weighted by Gasteiger charge is 2.03. The number of nitrogens with zero attached hydrogens (tertiary/aromatic N) is 2. The third-order valence-corrected chi connectivity index (χ3v) is 3.03. The molecule has 0 atom stereocenters. The SMILES string of the molecule is CN(C)c1cccc(Oc2cc(Br)cc(C#N)c2)c1. The standard InChI is InChI=1S/C15H13BrN2O/c1-18(2)13-4-3-5-14(9-13)19-15-7-11(10-17)6-12(16)8-15/h3-9H,1-2H3. The van der Waals surface area contributed by atoms with Crippen LogP contribution in [0.3, 0.4) is 0 Å². The number of nitriles is 1. The maximum absolute atomic E-state index is 8.94. The summed E-state index contributed by atoms with van der Waals surface area (Å²) < 4.78 is 6.61. The first-order chi connectivity index (χ1) is 9.08. The van der Waals surface area contributed by atoms with Gasteiger partial charge in [-0.25, -0.2) is 0 Å². The summed E-state index contributed by atoms with van der Waals surface area (Å²) >= 11 is 3.37. The van der Waals surface area contributed by atoms with Crippen LogP contribution in [-0.4, -0.2) is 14.1 Å². The van der Waals surface area contributed by atoms with Crippen LogP contribution in [-0.2, 0) is 0 Å². The van der Waals surface area contributed by atoms with Crippen LogP contribution in [0.15, 0.2) is 46.9 Å². The van der Waals surface area contributed by atoms with Crippen LogP contribution in [0.5, 0.6) is 11.5 Å². The van der Waals surface area contributed by atoms with E-state index in [0.717, 1.165) is 15.9 Å². The molecule has 0 aliphatic heterocycles. The molecule has 0 aliphatic rings. The minimum Gasteiger partial charge on any atom is -0.457 e. The van der Waals surface area contributed by atoms with Crippen LogP contribution < -0.4 is 9.64 Å². The second-order valence-corrected chi connectivity index (χ2v) is 5.20. The number of hydrogen-bond acceptors (Lipinski definition) is 3. The van der Waals surface area contributed by atoms with Crippen molar-refractivity contribution in [2.75, 3.05) is 19.0 Å². The molecule has 2 rings (SSSR count). The van der Waals surface area contributed by atoms with E-state index in [0.29, 0.717) is 11.3 Å². The number of halogens is 1. The summed E-state index contributed by atoms with van der Waals surface area (Å²) in [6.45, 7) is 0. The third-order valence-electron chi connectivity index (χ3n) is 2.57. The van der Waals surface area contributed by atoms with E-state index < -0.39 is 0 Å². The zero-order chi connectivity index (χ0) is 13.8. The maximum Gasteiger partial charge on any atom is 0.129 e. The predicted molar refractivity (Wildman–Crippen MR) is 79.7 cm³/mol. The molecule has 0 aliphatic carbocycles. The van der Waals surface area contributed by atoms with Gasteiger partial charge in [0.15, 0.2) is 0 Å². The van der Waals surface area contributed by atoms with Crippen LogP contribution in [0.1, 0.15) is 5.56 Å². The number of anilines is 1. The molecule has 96 valence electrons. The van der Waals surface area contributed by atoms with Crippen LogP contribution in [0.4, 0.5) is 5.69 Å². The molecule has 0 unspecified atom stereocenters. The minimum atomic E-state index is 0.563. The second kappa shape index (κ2) is 5.77. The Morgan fingerprint density at radius 2 is 1.89 bits per heavy atom. The van der Waals surface area contributed by atoms with E-state index in [9.17, 15) is 0 Å². The zero-order valence-electron chi connectivity index (χ0n) is 10.7. The molecule has 2 aromatic carbocycles. The zero-order valence-corrected chi connectivity index (χ0v) is 12.3. The van der Waals surface area contributed by atoms with Gasteiger partial charge in [0.1, 0.15) is 11.5 Å². The van der Waals surface area contributed by atoms with Gasteiger partial charge < -0.3 is 9.64 Å². The molecule has 0 saturated heterocycles. The molecule has 0 radical (unpaired) electrons. The summed E-state index contributed by atoms with van der Waals surface area (Å²) in [5, 5.41) is 8.94. The highest BCUT2D eigenvalue weighted by atomic mass is 79.9. The van der Waals surface area contributed by atoms with Crippen molar-refractivity contribution in [3.05, 3.63) is 52.5 Å². The van der Waals surface area contributed by atoms with Gasteiger partial charge in [-0.1, -0.05) is 22.0 Å². The molecule has 0 amide bonds. The molecular weight excluding hydrogens is 304 g/mol. The lowest BCUT2D eigenvalue weighted by molar-refractivity contribution is 0.482. The maximum atomic E-state index is 8.94. The molecule has 3 nitrogen and oxygen atoms in total. The second-order valence-electron chi connectivity index (χ2n) is 4.28. The number of benzene rings is 2. The van der Waals surface area contributed by atoms with Gasteiger partial charge in [-0.15, -0.1) is 0 Å². The molecule has 19 heavy (non-hydrogen) atoms. The molecular formula is C15H13BrN2O. The monoisotopic (exact) mass is 316 g/mol. The van der Waals surface area contributed by atoms with E-state index in [1.54, 1.807) is 12.1 Å². The highest BCUT2D eigenvalue weighted by molar-refractivity contribution is 9.10. The predicted octanol–water partition coefficient (Wildman–Crippen LogP) is 4.18. The Hall–Kier alpha value is -1.99. The van der Waals surface area contributed by atoms with Crippen molar-refractivity contribution in [1.29, 1.82) is 5.26 Å². The van der Waals surface area contributed by atoms with Gasteiger partial charge in [0.2, 0.25) is 0 Å². The van der Waals surface area contributed by atoms with Gasteiger partial charge >= 0.3 is 0 Å². The first-order valence-corrected chi connectivity index (χ1v) is 6.54. The first kappa shape index (κ1) is 13.4. The van der Waals surface area contributed by atoms with Crippen molar-refractivity contribution in [2.24, 2.45) is 0 Å². The Morgan fingerprint density at radius 1 is 1.11 bits per heavy atom. The summed E-state index contributed by atoms with van der Waals surface area (Å²) in [6, 6.07) is 15.2. The summed E-state index contributed by atoms with van der Waals surface area (Å²) in [6.07, 6.45) is 0. The van der Waals surface area contributed by atoms with E-state index in [1.165, 1.54) is 0 Å². The van der Waals surface area contributed by atoms with E-state index >= 15 is 0 Å². The Kier molecular flexibility index (Phi) is 4.08. The van der Waals surface area contributed by atoms with Gasteiger partial charge in [-0.3, -0.25) is 0 Å². The van der Waals surface area contributed by atoms with E-state index in [2.05, 4.69) is 22.0 Å². The van der Waals surface area contributed by atoms with E-state index in [4.69, 9.17) is 10.00 Å². The van der Waals surface area contributed by atoms with Gasteiger partial charge in [-0.05, 0) is 30.3 Å². The van der Waals surface area contributed by atoms with Gasteiger partial charge in [-0.2, -0.15) is 5.26 Å². The van der Waals surface area contributed by atoms with Crippen molar-refractivity contribution >= 4 is 21.6 Å². The number of ether oxygens (including phenoxy) is 1.